The number of carbonyl (C=O) groups is 1. The van der Waals surface area contributed by atoms with Gasteiger partial charge in [-0.05, 0) is 38.0 Å². The van der Waals surface area contributed by atoms with Crippen LogP contribution < -0.4 is 16.4 Å². The van der Waals surface area contributed by atoms with Crippen LogP contribution in [0.15, 0.2) is 29.3 Å². The number of carbonyl (C=O) groups excluding carboxylic acids is 1. The van der Waals surface area contributed by atoms with Crippen molar-refractivity contribution in [2.75, 3.05) is 11.9 Å². The highest BCUT2D eigenvalue weighted by molar-refractivity contribution is 14.0. The molecule has 0 saturated heterocycles. The molecule has 0 fully saturated rings. The lowest BCUT2D eigenvalue weighted by molar-refractivity contribution is -0.121. The van der Waals surface area contributed by atoms with Crippen LogP contribution in [0.25, 0.3) is 0 Å². The first kappa shape index (κ1) is 19.7. The molecule has 0 aliphatic carbocycles. The molecule has 5 nitrogen and oxygen atoms in total. The zero-order chi connectivity index (χ0) is 15.0. The molecule has 21 heavy (non-hydrogen) atoms. The van der Waals surface area contributed by atoms with E-state index in [4.69, 9.17) is 5.73 Å². The van der Waals surface area contributed by atoms with Crippen molar-refractivity contribution < 1.29 is 4.79 Å². The smallest absolute Gasteiger partial charge is 0.222 e. The van der Waals surface area contributed by atoms with Gasteiger partial charge in [0.25, 0.3) is 0 Å². The zero-order valence-corrected chi connectivity index (χ0v) is 15.2. The van der Waals surface area contributed by atoms with Crippen molar-refractivity contribution in [3.8, 4) is 0 Å². The van der Waals surface area contributed by atoms with E-state index in [1.165, 1.54) is 5.56 Å². The number of amides is 1. The van der Waals surface area contributed by atoms with Gasteiger partial charge < -0.3 is 16.4 Å². The fourth-order valence-electron chi connectivity index (χ4n) is 1.73. The van der Waals surface area contributed by atoms with E-state index < -0.39 is 0 Å². The molecule has 1 rings (SSSR count). The molecule has 4 N–H and O–H groups in total. The van der Waals surface area contributed by atoms with Crippen LogP contribution in [-0.4, -0.2) is 24.5 Å². The number of guanidine groups is 1. The fourth-order valence-corrected chi connectivity index (χ4v) is 1.73. The van der Waals surface area contributed by atoms with Gasteiger partial charge in [0.1, 0.15) is 0 Å². The third-order valence-corrected chi connectivity index (χ3v) is 2.68. The van der Waals surface area contributed by atoms with Crippen molar-refractivity contribution in [1.82, 2.24) is 5.32 Å². The van der Waals surface area contributed by atoms with E-state index in [0.717, 1.165) is 12.1 Å². The Labute approximate surface area is 143 Å². The van der Waals surface area contributed by atoms with E-state index in [1.54, 1.807) is 0 Å². The van der Waals surface area contributed by atoms with Crippen molar-refractivity contribution >= 4 is 41.5 Å². The minimum atomic E-state index is -0.00969. The summed E-state index contributed by atoms with van der Waals surface area (Å²) in [6, 6.07) is 8.17. The van der Waals surface area contributed by atoms with Gasteiger partial charge in [-0.15, -0.1) is 24.0 Å². The van der Waals surface area contributed by atoms with E-state index in [2.05, 4.69) is 28.6 Å². The Morgan fingerprint density at radius 1 is 1.38 bits per heavy atom. The second-order valence-corrected chi connectivity index (χ2v) is 4.92. The average molecular weight is 404 g/mol. The second kappa shape index (κ2) is 10.4. The maximum Gasteiger partial charge on any atom is 0.222 e. The number of rotatable bonds is 6. The Morgan fingerprint density at radius 3 is 2.71 bits per heavy atom. The predicted octanol–water partition coefficient (Wildman–Crippen LogP) is 2.51. The normalized spacial score (nSPS) is 11.0. The molecule has 1 amide bonds. The summed E-state index contributed by atoms with van der Waals surface area (Å²) in [6.07, 6.45) is 1.32. The number of hydrogen-bond donors (Lipinski definition) is 3. The van der Waals surface area contributed by atoms with Crippen molar-refractivity contribution in [3.63, 3.8) is 0 Å². The molecular weight excluding hydrogens is 379 g/mol. The lowest BCUT2D eigenvalue weighted by Gasteiger charge is -2.08. The van der Waals surface area contributed by atoms with Crippen LogP contribution >= 0.6 is 24.0 Å². The Morgan fingerprint density at radius 2 is 2.10 bits per heavy atom. The summed E-state index contributed by atoms with van der Waals surface area (Å²) in [5.74, 6) is 0.320. The molecule has 0 aliphatic heterocycles. The van der Waals surface area contributed by atoms with Crippen molar-refractivity contribution in [2.45, 2.75) is 39.7 Å². The Balaban J connectivity index is 0.00000400. The fraction of sp³-hybridized carbons (Fsp3) is 0.467. The Hall–Kier alpha value is -1.31. The van der Waals surface area contributed by atoms with Gasteiger partial charge in [0, 0.05) is 18.2 Å². The van der Waals surface area contributed by atoms with Crippen LogP contribution in [0.4, 0.5) is 5.69 Å². The standard InChI is InChI=1S/C15H24N4O.HI/c1-4-12-6-5-7-13(10-12)19-15(16)17-9-8-14(20)18-11(2)3;/h5-7,10-11H,4,8-9H2,1-3H3,(H,18,20)(H3,16,17,19);1H. The molecule has 0 bridgehead atoms. The monoisotopic (exact) mass is 404 g/mol. The molecule has 0 heterocycles. The first-order valence-corrected chi connectivity index (χ1v) is 6.96. The largest absolute Gasteiger partial charge is 0.370 e. The molecular formula is C15H25IN4O. The van der Waals surface area contributed by atoms with Crippen molar-refractivity contribution in [2.24, 2.45) is 10.7 Å². The van der Waals surface area contributed by atoms with Gasteiger partial charge in [-0.2, -0.15) is 0 Å². The van der Waals surface area contributed by atoms with Gasteiger partial charge in [-0.25, -0.2) is 0 Å². The van der Waals surface area contributed by atoms with Crippen LogP contribution in [0.1, 0.15) is 32.8 Å². The molecule has 1 aromatic rings. The van der Waals surface area contributed by atoms with Crippen molar-refractivity contribution in [3.05, 3.63) is 29.8 Å². The summed E-state index contributed by atoms with van der Waals surface area (Å²) in [5.41, 5.74) is 7.94. The van der Waals surface area contributed by atoms with Gasteiger partial charge in [0.2, 0.25) is 5.91 Å². The SMILES string of the molecule is CCc1cccc(NC(N)=NCCC(=O)NC(C)C)c1.I. The highest BCUT2D eigenvalue weighted by atomic mass is 127. The lowest BCUT2D eigenvalue weighted by Crippen LogP contribution is -2.30. The molecule has 0 unspecified atom stereocenters. The number of anilines is 1. The summed E-state index contributed by atoms with van der Waals surface area (Å²) in [4.78, 5) is 15.6. The number of benzene rings is 1. The zero-order valence-electron chi connectivity index (χ0n) is 12.8. The molecule has 0 saturated carbocycles. The van der Waals surface area contributed by atoms with Crippen LogP contribution in [0.2, 0.25) is 0 Å². The topological polar surface area (TPSA) is 79.5 Å². The quantitative estimate of drug-likeness (QED) is 0.387. The van der Waals surface area contributed by atoms with Gasteiger partial charge in [0.05, 0.1) is 6.54 Å². The Bertz CT molecular complexity index is 474. The van der Waals surface area contributed by atoms with Crippen molar-refractivity contribution in [1.29, 1.82) is 0 Å². The van der Waals surface area contributed by atoms with Crippen LogP contribution in [0.3, 0.4) is 0 Å². The predicted molar refractivity (Wildman–Crippen MR) is 99.2 cm³/mol. The molecule has 0 aliphatic rings. The molecule has 6 heteroatoms. The number of aryl methyl sites for hydroxylation is 1. The minimum Gasteiger partial charge on any atom is -0.370 e. The third-order valence-electron chi connectivity index (χ3n) is 2.68. The van der Waals surface area contributed by atoms with E-state index in [0.29, 0.717) is 18.9 Å². The highest BCUT2D eigenvalue weighted by Crippen LogP contribution is 2.10. The highest BCUT2D eigenvalue weighted by Gasteiger charge is 2.02. The Kier molecular flexibility index (Phi) is 9.77. The molecule has 0 spiro atoms. The first-order valence-electron chi connectivity index (χ1n) is 6.96. The number of nitrogens with one attached hydrogen (secondary N) is 2. The van der Waals surface area contributed by atoms with E-state index in [1.807, 2.05) is 32.0 Å². The lowest BCUT2D eigenvalue weighted by atomic mass is 10.1. The number of aliphatic imine (C=N–C) groups is 1. The maximum absolute atomic E-state index is 11.4. The second-order valence-electron chi connectivity index (χ2n) is 4.92. The summed E-state index contributed by atoms with van der Waals surface area (Å²) in [7, 11) is 0. The van der Waals surface area contributed by atoms with Crippen LogP contribution in [-0.2, 0) is 11.2 Å². The maximum atomic E-state index is 11.4. The molecule has 118 valence electrons. The van der Waals surface area contributed by atoms with E-state index in [-0.39, 0.29) is 35.9 Å². The van der Waals surface area contributed by atoms with E-state index >= 15 is 0 Å². The molecule has 1 aromatic carbocycles. The van der Waals surface area contributed by atoms with Crippen LogP contribution in [0.5, 0.6) is 0 Å². The molecule has 0 aromatic heterocycles. The van der Waals surface area contributed by atoms with E-state index in [9.17, 15) is 4.79 Å². The summed E-state index contributed by atoms with van der Waals surface area (Å²) in [5, 5.41) is 5.84. The summed E-state index contributed by atoms with van der Waals surface area (Å²) >= 11 is 0. The third kappa shape index (κ3) is 8.54. The number of halogens is 1. The number of nitrogens with zero attached hydrogens (tertiary/aromatic N) is 1. The minimum absolute atomic E-state index is 0. The van der Waals surface area contributed by atoms with Gasteiger partial charge in [0.15, 0.2) is 5.96 Å². The van der Waals surface area contributed by atoms with Gasteiger partial charge in [-0.3, -0.25) is 9.79 Å². The summed E-state index contributed by atoms with van der Waals surface area (Å²) in [6.45, 7) is 6.34. The molecule has 0 radical (unpaired) electrons. The van der Waals surface area contributed by atoms with Gasteiger partial charge >= 0.3 is 0 Å². The number of hydrogen-bond acceptors (Lipinski definition) is 2. The first-order chi connectivity index (χ1) is 9.51. The van der Waals surface area contributed by atoms with Gasteiger partial charge in [-0.1, -0.05) is 19.1 Å². The number of nitrogens with two attached hydrogens (primary N) is 1. The average Bonchev–Trinajstić information content (AvgIpc) is 2.38. The molecule has 0 atom stereocenters. The summed E-state index contributed by atoms with van der Waals surface area (Å²) < 4.78 is 0. The van der Waals surface area contributed by atoms with Crippen LogP contribution in [0, 0.1) is 0 Å².